The number of carbonyl (C=O) groups excluding carboxylic acids is 1. The van der Waals surface area contributed by atoms with Crippen molar-refractivity contribution in [2.75, 3.05) is 26.2 Å². The first-order valence-corrected chi connectivity index (χ1v) is 13.1. The Hall–Kier alpha value is -4.15. The van der Waals surface area contributed by atoms with Gasteiger partial charge in [-0.2, -0.15) is 0 Å². The maximum absolute atomic E-state index is 11.4. The highest BCUT2D eigenvalue weighted by atomic mass is 16.5. The molecule has 0 saturated carbocycles. The predicted octanol–water partition coefficient (Wildman–Crippen LogP) is 6.33. The van der Waals surface area contributed by atoms with Crippen LogP contribution in [-0.4, -0.2) is 37.0 Å². The van der Waals surface area contributed by atoms with Gasteiger partial charge in [0.1, 0.15) is 5.75 Å². The van der Waals surface area contributed by atoms with Crippen molar-refractivity contribution in [2.24, 2.45) is 5.73 Å². The molecule has 0 heterocycles. The average Bonchev–Trinajstić information content (AvgIpc) is 2.95. The maximum Gasteiger partial charge on any atom is 0.221 e. The summed E-state index contributed by atoms with van der Waals surface area (Å²) in [6, 6.07) is 39.4. The fourth-order valence-corrected chi connectivity index (χ4v) is 4.75. The Bertz CT molecular complexity index is 1250. The van der Waals surface area contributed by atoms with E-state index in [0.717, 1.165) is 48.5 Å². The van der Waals surface area contributed by atoms with E-state index in [9.17, 15) is 4.79 Å². The highest BCUT2D eigenvalue weighted by Gasteiger charge is 2.19. The normalized spacial score (nSPS) is 11.0. The van der Waals surface area contributed by atoms with Crippen LogP contribution in [0.25, 0.3) is 5.57 Å². The number of carbonyl (C=O) groups is 1. The fraction of sp³-hybridized carbons (Fsp3) is 0.206. The Morgan fingerprint density at radius 1 is 0.789 bits per heavy atom. The molecule has 0 atom stereocenters. The average molecular weight is 505 g/mol. The molecule has 1 amide bonds. The van der Waals surface area contributed by atoms with Crippen LogP contribution in [0.4, 0.5) is 0 Å². The summed E-state index contributed by atoms with van der Waals surface area (Å²) in [4.78, 5) is 13.9. The van der Waals surface area contributed by atoms with E-state index in [1.807, 2.05) is 30.3 Å². The number of benzene rings is 4. The molecular formula is C34H36N2O2. The summed E-state index contributed by atoms with van der Waals surface area (Å²) in [7, 11) is 0. The van der Waals surface area contributed by atoms with Crippen molar-refractivity contribution in [2.45, 2.75) is 18.8 Å². The van der Waals surface area contributed by atoms with E-state index in [2.05, 4.69) is 96.4 Å². The molecule has 0 spiro atoms. The molecule has 0 aliphatic rings. The van der Waals surface area contributed by atoms with Crippen molar-refractivity contribution in [1.82, 2.24) is 4.90 Å². The number of nitrogens with zero attached hydrogens (tertiary/aromatic N) is 1. The first kappa shape index (κ1) is 26.9. The van der Waals surface area contributed by atoms with Crippen molar-refractivity contribution < 1.29 is 9.53 Å². The number of hydrogen-bond donors (Lipinski definition) is 1. The summed E-state index contributed by atoms with van der Waals surface area (Å²) in [6.45, 7) is 7.43. The Labute approximate surface area is 226 Å². The van der Waals surface area contributed by atoms with Gasteiger partial charge in [-0.05, 0) is 34.8 Å². The molecule has 4 rings (SSSR count). The van der Waals surface area contributed by atoms with Gasteiger partial charge >= 0.3 is 0 Å². The van der Waals surface area contributed by atoms with Gasteiger partial charge in [0.25, 0.3) is 0 Å². The minimum atomic E-state index is -0.362. The second-order valence-electron chi connectivity index (χ2n) is 9.53. The van der Waals surface area contributed by atoms with E-state index in [1.165, 1.54) is 11.1 Å². The Morgan fingerprint density at radius 3 is 1.95 bits per heavy atom. The molecule has 0 radical (unpaired) electrons. The molecule has 194 valence electrons. The van der Waals surface area contributed by atoms with Crippen LogP contribution in [0.5, 0.6) is 5.75 Å². The number of amides is 1. The van der Waals surface area contributed by atoms with Crippen molar-refractivity contribution in [3.63, 3.8) is 0 Å². The molecule has 4 aromatic carbocycles. The summed E-state index contributed by atoms with van der Waals surface area (Å²) >= 11 is 0. The van der Waals surface area contributed by atoms with E-state index < -0.39 is 0 Å². The zero-order valence-electron chi connectivity index (χ0n) is 21.8. The van der Waals surface area contributed by atoms with Gasteiger partial charge in [0.05, 0.1) is 13.0 Å². The molecule has 0 aliphatic heterocycles. The van der Waals surface area contributed by atoms with Crippen LogP contribution < -0.4 is 10.5 Å². The molecule has 38 heavy (non-hydrogen) atoms. The van der Waals surface area contributed by atoms with Crippen molar-refractivity contribution >= 4 is 11.5 Å². The first-order valence-electron chi connectivity index (χ1n) is 13.1. The van der Waals surface area contributed by atoms with Crippen LogP contribution >= 0.6 is 0 Å². The molecule has 4 heteroatoms. The van der Waals surface area contributed by atoms with Crippen molar-refractivity contribution in [3.8, 4) is 5.75 Å². The van der Waals surface area contributed by atoms with Gasteiger partial charge in [0.15, 0.2) is 0 Å². The van der Waals surface area contributed by atoms with Crippen LogP contribution in [0, 0.1) is 0 Å². The number of primary amides is 1. The Kier molecular flexibility index (Phi) is 9.89. The Morgan fingerprint density at radius 2 is 1.34 bits per heavy atom. The second kappa shape index (κ2) is 14.0. The van der Waals surface area contributed by atoms with Gasteiger partial charge in [-0.25, -0.2) is 0 Å². The van der Waals surface area contributed by atoms with Crippen LogP contribution in [0.2, 0.25) is 0 Å². The lowest BCUT2D eigenvalue weighted by Crippen LogP contribution is -2.32. The Balaban J connectivity index is 1.49. The molecule has 0 saturated heterocycles. The van der Waals surface area contributed by atoms with Crippen LogP contribution in [-0.2, 0) is 11.2 Å². The van der Waals surface area contributed by atoms with E-state index in [1.54, 1.807) is 0 Å². The van der Waals surface area contributed by atoms with E-state index in [-0.39, 0.29) is 18.2 Å². The smallest absolute Gasteiger partial charge is 0.221 e. The van der Waals surface area contributed by atoms with Crippen LogP contribution in [0.1, 0.15) is 34.6 Å². The predicted molar refractivity (Wildman–Crippen MR) is 156 cm³/mol. The number of ether oxygens (including phenoxy) is 1. The monoisotopic (exact) mass is 504 g/mol. The topological polar surface area (TPSA) is 55.6 Å². The van der Waals surface area contributed by atoms with Gasteiger partial charge in [-0.3, -0.25) is 9.69 Å². The van der Waals surface area contributed by atoms with Gasteiger partial charge in [-0.1, -0.05) is 116 Å². The van der Waals surface area contributed by atoms with Gasteiger partial charge in [-0.15, -0.1) is 0 Å². The zero-order valence-corrected chi connectivity index (χ0v) is 21.8. The summed E-state index contributed by atoms with van der Waals surface area (Å²) in [5, 5.41) is 0. The molecular weight excluding hydrogens is 468 g/mol. The van der Waals surface area contributed by atoms with Crippen LogP contribution in [0.15, 0.2) is 122 Å². The zero-order chi connectivity index (χ0) is 26.6. The molecule has 0 fully saturated rings. The molecule has 2 N–H and O–H groups in total. The lowest BCUT2D eigenvalue weighted by atomic mass is 9.90. The number of nitrogens with two attached hydrogens (primary N) is 1. The number of para-hydroxylation sites is 1. The third kappa shape index (κ3) is 7.92. The van der Waals surface area contributed by atoms with Crippen LogP contribution in [0.3, 0.4) is 0 Å². The van der Waals surface area contributed by atoms with E-state index in [4.69, 9.17) is 10.5 Å². The minimum absolute atomic E-state index is 0.176. The molecule has 4 aromatic rings. The first-order chi connectivity index (χ1) is 18.6. The van der Waals surface area contributed by atoms with E-state index >= 15 is 0 Å². The molecule has 0 bridgehead atoms. The highest BCUT2D eigenvalue weighted by Crippen LogP contribution is 2.27. The summed E-state index contributed by atoms with van der Waals surface area (Å²) < 4.78 is 6.10. The largest absolute Gasteiger partial charge is 0.493 e. The third-order valence-corrected chi connectivity index (χ3v) is 6.65. The molecule has 0 aliphatic carbocycles. The van der Waals surface area contributed by atoms with Gasteiger partial charge < -0.3 is 10.5 Å². The fourth-order valence-electron chi connectivity index (χ4n) is 4.75. The summed E-state index contributed by atoms with van der Waals surface area (Å²) in [6.07, 6.45) is 1.01. The molecule has 4 nitrogen and oxygen atoms in total. The minimum Gasteiger partial charge on any atom is -0.493 e. The van der Waals surface area contributed by atoms with Crippen molar-refractivity contribution in [1.29, 1.82) is 0 Å². The summed E-state index contributed by atoms with van der Waals surface area (Å²) in [5.74, 6) is 0.593. The molecule has 0 unspecified atom stereocenters. The lowest BCUT2D eigenvalue weighted by molar-refractivity contribution is -0.117. The second-order valence-corrected chi connectivity index (χ2v) is 9.53. The SMILES string of the molecule is C=C(CN(CCCOc1ccccc1CC(N)=O)CC(c1ccccc1)c1ccccc1)c1ccccc1. The maximum atomic E-state index is 11.4. The summed E-state index contributed by atoms with van der Waals surface area (Å²) in [5.41, 5.74) is 11.1. The lowest BCUT2D eigenvalue weighted by Gasteiger charge is -2.29. The number of hydrogen-bond acceptors (Lipinski definition) is 3. The highest BCUT2D eigenvalue weighted by molar-refractivity contribution is 5.77. The van der Waals surface area contributed by atoms with Gasteiger partial charge in [0, 0.05) is 31.1 Å². The quantitative estimate of drug-likeness (QED) is 0.204. The van der Waals surface area contributed by atoms with E-state index in [0.29, 0.717) is 6.61 Å². The molecule has 0 aromatic heterocycles. The standard InChI is InChI=1S/C34H36N2O2/c1-27(28-14-5-2-6-15-28)25-36(22-13-23-38-33-21-12-11-20-31(33)24-34(35)37)26-32(29-16-7-3-8-17-29)30-18-9-4-10-19-30/h2-12,14-21,32H,1,13,22-26H2,(H2,35,37). The number of rotatable bonds is 14. The third-order valence-electron chi connectivity index (χ3n) is 6.65. The van der Waals surface area contributed by atoms with Gasteiger partial charge in [0.2, 0.25) is 5.91 Å². The van der Waals surface area contributed by atoms with Crippen molar-refractivity contribution in [3.05, 3.63) is 144 Å².